The zero-order chi connectivity index (χ0) is 11.8. The van der Waals surface area contributed by atoms with E-state index in [1.165, 1.54) is 6.20 Å². The Hall–Kier alpha value is -0.870. The second-order valence-electron chi connectivity index (χ2n) is 4.04. The molecular formula is C11H15ClN2O2. The first-order valence-corrected chi connectivity index (χ1v) is 5.83. The lowest BCUT2D eigenvalue weighted by atomic mass is 9.76. The van der Waals surface area contributed by atoms with Crippen molar-refractivity contribution in [2.75, 3.05) is 7.11 Å². The highest BCUT2D eigenvalue weighted by Gasteiger charge is 2.46. The molecule has 0 atom stereocenters. The second kappa shape index (κ2) is 4.18. The Balaban J connectivity index is 2.36. The molecule has 1 aliphatic rings. The number of carbonyl (C=O) groups is 1. The molecule has 2 rings (SSSR count). The van der Waals surface area contributed by atoms with Gasteiger partial charge in [-0.05, 0) is 26.2 Å². The van der Waals surface area contributed by atoms with Crippen molar-refractivity contribution in [3.8, 4) is 0 Å². The van der Waals surface area contributed by atoms with Gasteiger partial charge < -0.3 is 4.74 Å². The minimum atomic E-state index is -0.656. The third-order valence-electron chi connectivity index (χ3n) is 3.28. The summed E-state index contributed by atoms with van der Waals surface area (Å²) < 4.78 is 6.99. The SMILES string of the molecule is CCn1ncc(Cl)c1C(=O)C1(OC)CCC1. The van der Waals surface area contributed by atoms with Gasteiger partial charge in [-0.15, -0.1) is 0 Å². The summed E-state index contributed by atoms with van der Waals surface area (Å²) >= 11 is 6.00. The lowest BCUT2D eigenvalue weighted by Crippen LogP contribution is -2.47. The summed E-state index contributed by atoms with van der Waals surface area (Å²) in [6.45, 7) is 2.56. The van der Waals surface area contributed by atoms with E-state index in [9.17, 15) is 4.79 Å². The van der Waals surface area contributed by atoms with E-state index < -0.39 is 5.60 Å². The fraction of sp³-hybridized carbons (Fsp3) is 0.636. The van der Waals surface area contributed by atoms with Crippen molar-refractivity contribution in [2.24, 2.45) is 0 Å². The summed E-state index contributed by atoms with van der Waals surface area (Å²) in [6, 6.07) is 0. The molecule has 1 aliphatic carbocycles. The Kier molecular flexibility index (Phi) is 3.04. The van der Waals surface area contributed by atoms with Crippen LogP contribution in [0.2, 0.25) is 5.02 Å². The summed E-state index contributed by atoms with van der Waals surface area (Å²) in [6.07, 6.45) is 4.08. The van der Waals surface area contributed by atoms with Crippen LogP contribution in [0, 0.1) is 0 Å². The molecule has 0 aromatic carbocycles. The summed E-state index contributed by atoms with van der Waals surface area (Å²) in [4.78, 5) is 12.4. The number of aryl methyl sites for hydroxylation is 1. The number of halogens is 1. The minimum Gasteiger partial charge on any atom is -0.370 e. The van der Waals surface area contributed by atoms with Crippen molar-refractivity contribution in [3.05, 3.63) is 16.9 Å². The van der Waals surface area contributed by atoms with Crippen molar-refractivity contribution < 1.29 is 9.53 Å². The van der Waals surface area contributed by atoms with Crippen molar-refractivity contribution in [2.45, 2.75) is 38.3 Å². The van der Waals surface area contributed by atoms with Gasteiger partial charge in [-0.3, -0.25) is 9.48 Å². The quantitative estimate of drug-likeness (QED) is 0.761. The predicted molar refractivity (Wildman–Crippen MR) is 60.8 cm³/mol. The Bertz CT molecular complexity index is 405. The number of ether oxygens (including phenoxy) is 1. The molecule has 1 fully saturated rings. The Morgan fingerprint density at radius 2 is 2.38 bits per heavy atom. The van der Waals surface area contributed by atoms with Crippen molar-refractivity contribution in [3.63, 3.8) is 0 Å². The first kappa shape index (κ1) is 11.6. The number of carbonyl (C=O) groups excluding carboxylic acids is 1. The Morgan fingerprint density at radius 1 is 1.69 bits per heavy atom. The zero-order valence-electron chi connectivity index (χ0n) is 9.49. The molecule has 88 valence electrons. The van der Waals surface area contributed by atoms with Gasteiger partial charge in [0.1, 0.15) is 11.3 Å². The van der Waals surface area contributed by atoms with E-state index in [-0.39, 0.29) is 5.78 Å². The van der Waals surface area contributed by atoms with Gasteiger partial charge in [0.15, 0.2) is 0 Å². The number of Topliss-reactive ketones (excluding diaryl/α,β-unsaturated/α-hetero) is 1. The maximum Gasteiger partial charge on any atom is 0.214 e. The number of aromatic nitrogens is 2. The molecule has 1 heterocycles. The van der Waals surface area contributed by atoms with E-state index in [0.29, 0.717) is 17.3 Å². The Morgan fingerprint density at radius 3 is 2.81 bits per heavy atom. The first-order valence-electron chi connectivity index (χ1n) is 5.46. The van der Waals surface area contributed by atoms with Crippen LogP contribution in [0.1, 0.15) is 36.7 Å². The maximum atomic E-state index is 12.4. The van der Waals surface area contributed by atoms with Crippen LogP contribution in [0.4, 0.5) is 0 Å². The van der Waals surface area contributed by atoms with Crippen LogP contribution in [0.25, 0.3) is 0 Å². The number of hydrogen-bond donors (Lipinski definition) is 0. The molecule has 0 radical (unpaired) electrons. The van der Waals surface area contributed by atoms with Crippen LogP contribution in [-0.2, 0) is 11.3 Å². The van der Waals surface area contributed by atoms with Crippen molar-refractivity contribution >= 4 is 17.4 Å². The Labute approximate surface area is 99.5 Å². The molecule has 0 unspecified atom stereocenters. The molecule has 0 saturated heterocycles. The van der Waals surface area contributed by atoms with Gasteiger partial charge in [-0.25, -0.2) is 0 Å². The van der Waals surface area contributed by atoms with E-state index in [4.69, 9.17) is 16.3 Å². The lowest BCUT2D eigenvalue weighted by Gasteiger charge is -2.38. The van der Waals surface area contributed by atoms with Crippen LogP contribution in [-0.4, -0.2) is 28.3 Å². The van der Waals surface area contributed by atoms with Crippen LogP contribution in [0.5, 0.6) is 0 Å². The fourth-order valence-corrected chi connectivity index (χ4v) is 2.29. The monoisotopic (exact) mass is 242 g/mol. The number of rotatable bonds is 4. The van der Waals surface area contributed by atoms with Gasteiger partial charge in [0.2, 0.25) is 5.78 Å². The summed E-state index contributed by atoms with van der Waals surface area (Å²) in [5, 5.41) is 4.48. The smallest absolute Gasteiger partial charge is 0.214 e. The van der Waals surface area contributed by atoms with E-state index in [0.717, 1.165) is 19.3 Å². The molecular weight excluding hydrogens is 228 g/mol. The predicted octanol–water partition coefficient (Wildman–Crippen LogP) is 2.31. The normalized spacial score (nSPS) is 18.2. The molecule has 1 aromatic rings. The molecule has 4 nitrogen and oxygen atoms in total. The van der Waals surface area contributed by atoms with Crippen molar-refractivity contribution in [1.82, 2.24) is 9.78 Å². The van der Waals surface area contributed by atoms with Crippen LogP contribution >= 0.6 is 11.6 Å². The molecule has 1 aromatic heterocycles. The summed E-state index contributed by atoms with van der Waals surface area (Å²) in [5.41, 5.74) is -0.179. The number of ketones is 1. The molecule has 1 saturated carbocycles. The van der Waals surface area contributed by atoms with E-state index in [2.05, 4.69) is 5.10 Å². The first-order chi connectivity index (χ1) is 7.64. The number of methoxy groups -OCH3 is 1. The molecule has 0 amide bonds. The van der Waals surface area contributed by atoms with E-state index >= 15 is 0 Å². The molecule has 16 heavy (non-hydrogen) atoms. The standard InChI is InChI=1S/C11H15ClN2O2/c1-3-14-9(8(12)7-13-14)10(15)11(16-2)5-4-6-11/h7H,3-6H2,1-2H3. The zero-order valence-corrected chi connectivity index (χ0v) is 10.3. The van der Waals surface area contributed by atoms with Gasteiger partial charge in [0.05, 0.1) is 11.2 Å². The average molecular weight is 243 g/mol. The van der Waals surface area contributed by atoms with Gasteiger partial charge in [0, 0.05) is 13.7 Å². The average Bonchev–Trinajstić information content (AvgIpc) is 2.58. The fourth-order valence-electron chi connectivity index (χ4n) is 2.07. The van der Waals surface area contributed by atoms with E-state index in [1.807, 2.05) is 6.92 Å². The number of nitrogens with zero attached hydrogens (tertiary/aromatic N) is 2. The number of hydrogen-bond acceptors (Lipinski definition) is 3. The molecule has 0 aliphatic heterocycles. The lowest BCUT2D eigenvalue weighted by molar-refractivity contribution is -0.0454. The minimum absolute atomic E-state index is 0.0365. The van der Waals surface area contributed by atoms with E-state index in [1.54, 1.807) is 11.8 Å². The maximum absolute atomic E-state index is 12.4. The topological polar surface area (TPSA) is 44.1 Å². The summed E-state index contributed by atoms with van der Waals surface area (Å²) in [7, 11) is 1.58. The summed E-state index contributed by atoms with van der Waals surface area (Å²) in [5.74, 6) is -0.0365. The second-order valence-corrected chi connectivity index (χ2v) is 4.45. The van der Waals surface area contributed by atoms with Gasteiger partial charge in [-0.1, -0.05) is 11.6 Å². The molecule has 0 spiro atoms. The van der Waals surface area contributed by atoms with Crippen LogP contribution in [0.3, 0.4) is 0 Å². The highest BCUT2D eigenvalue weighted by molar-refractivity contribution is 6.34. The molecule has 0 bridgehead atoms. The third-order valence-corrected chi connectivity index (χ3v) is 3.55. The van der Waals surface area contributed by atoms with Gasteiger partial charge >= 0.3 is 0 Å². The molecule has 0 N–H and O–H groups in total. The van der Waals surface area contributed by atoms with Crippen molar-refractivity contribution in [1.29, 1.82) is 0 Å². The third kappa shape index (κ3) is 1.57. The largest absolute Gasteiger partial charge is 0.370 e. The highest BCUT2D eigenvalue weighted by atomic mass is 35.5. The highest BCUT2D eigenvalue weighted by Crippen LogP contribution is 2.39. The van der Waals surface area contributed by atoms with Gasteiger partial charge in [0.25, 0.3) is 0 Å². The van der Waals surface area contributed by atoms with Crippen LogP contribution < -0.4 is 0 Å². The molecule has 5 heteroatoms. The van der Waals surface area contributed by atoms with Gasteiger partial charge in [-0.2, -0.15) is 5.10 Å². The van der Waals surface area contributed by atoms with Crippen LogP contribution in [0.15, 0.2) is 6.20 Å².